The van der Waals surface area contributed by atoms with Crippen molar-refractivity contribution in [2.45, 2.75) is 0 Å². The maximum Gasteiger partial charge on any atom is 0.153 e. The average Bonchev–Trinajstić information content (AvgIpc) is 2.29. The van der Waals surface area contributed by atoms with E-state index in [0.717, 1.165) is 6.29 Å². The van der Waals surface area contributed by atoms with E-state index in [4.69, 9.17) is 21.1 Å². The molecule has 1 aromatic carbocycles. The average molecular weight is 229 g/mol. The summed E-state index contributed by atoms with van der Waals surface area (Å²) in [5.74, 6) is 1.06. The van der Waals surface area contributed by atoms with Crippen LogP contribution in [0.15, 0.2) is 24.3 Å². The number of aldehydes is 1. The number of alkyl halides is 1. The first-order valence-corrected chi connectivity index (χ1v) is 5.22. The third-order valence-electron chi connectivity index (χ3n) is 1.75. The number of ether oxygens (including phenoxy) is 2. The lowest BCUT2D eigenvalue weighted by atomic mass is 10.2. The molecule has 82 valence electrons. The van der Waals surface area contributed by atoms with E-state index in [1.165, 1.54) is 0 Å². The van der Waals surface area contributed by atoms with Crippen LogP contribution in [0, 0.1) is 0 Å². The van der Waals surface area contributed by atoms with Gasteiger partial charge in [0.25, 0.3) is 0 Å². The van der Waals surface area contributed by atoms with Crippen molar-refractivity contribution >= 4 is 17.9 Å². The van der Waals surface area contributed by atoms with Gasteiger partial charge in [-0.05, 0) is 12.1 Å². The molecule has 0 aromatic heterocycles. The Morgan fingerprint density at radius 2 is 2.00 bits per heavy atom. The van der Waals surface area contributed by atoms with Crippen LogP contribution in [0.25, 0.3) is 0 Å². The van der Waals surface area contributed by atoms with Gasteiger partial charge in [0, 0.05) is 5.88 Å². The van der Waals surface area contributed by atoms with Gasteiger partial charge in [0.05, 0.1) is 18.8 Å². The van der Waals surface area contributed by atoms with Crippen LogP contribution in [0.5, 0.6) is 5.75 Å². The summed E-state index contributed by atoms with van der Waals surface area (Å²) in [6.45, 7) is 1.40. The van der Waals surface area contributed by atoms with E-state index >= 15 is 0 Å². The van der Waals surface area contributed by atoms with Crippen LogP contribution in [0.1, 0.15) is 10.4 Å². The standard InChI is InChI=1S/C11H13ClO3/c12-5-6-14-7-8-15-11-4-2-1-3-10(11)9-13/h1-4,9H,5-8H2. The topological polar surface area (TPSA) is 35.5 Å². The number of rotatable bonds is 7. The minimum atomic E-state index is 0.418. The lowest BCUT2D eigenvalue weighted by Gasteiger charge is -2.07. The summed E-state index contributed by atoms with van der Waals surface area (Å²) in [6.07, 6.45) is 0.773. The van der Waals surface area contributed by atoms with Gasteiger partial charge < -0.3 is 9.47 Å². The van der Waals surface area contributed by atoms with Crippen molar-refractivity contribution in [3.8, 4) is 5.75 Å². The van der Waals surface area contributed by atoms with Crippen molar-refractivity contribution in [1.82, 2.24) is 0 Å². The Morgan fingerprint density at radius 1 is 1.20 bits per heavy atom. The van der Waals surface area contributed by atoms with E-state index in [0.29, 0.717) is 37.0 Å². The van der Waals surface area contributed by atoms with E-state index in [9.17, 15) is 4.79 Å². The molecule has 0 bridgehead atoms. The first-order chi connectivity index (χ1) is 7.38. The number of hydrogen-bond donors (Lipinski definition) is 0. The molecule has 0 aliphatic heterocycles. The van der Waals surface area contributed by atoms with Crippen LogP contribution in [-0.4, -0.2) is 32.0 Å². The SMILES string of the molecule is O=Cc1ccccc1OCCOCCCl. The first kappa shape index (κ1) is 12.0. The molecule has 0 N–H and O–H groups in total. The normalized spacial score (nSPS) is 9.93. The number of para-hydroxylation sites is 1. The highest BCUT2D eigenvalue weighted by atomic mass is 35.5. The summed E-state index contributed by atoms with van der Waals surface area (Å²) in [7, 11) is 0. The summed E-state index contributed by atoms with van der Waals surface area (Å²) in [5, 5.41) is 0. The molecule has 0 fully saturated rings. The molecule has 0 saturated heterocycles. The fourth-order valence-electron chi connectivity index (χ4n) is 1.08. The maximum atomic E-state index is 10.6. The molecule has 1 rings (SSSR count). The molecule has 3 nitrogen and oxygen atoms in total. The summed E-state index contributed by atoms with van der Waals surface area (Å²) in [6, 6.07) is 7.08. The second-order valence-electron chi connectivity index (χ2n) is 2.81. The molecular formula is C11H13ClO3. The van der Waals surface area contributed by atoms with Gasteiger partial charge in [0.2, 0.25) is 0 Å². The second kappa shape index (κ2) is 7.26. The number of hydrogen-bond acceptors (Lipinski definition) is 3. The molecule has 0 heterocycles. The molecular weight excluding hydrogens is 216 g/mol. The molecule has 0 amide bonds. The largest absolute Gasteiger partial charge is 0.490 e. The Kier molecular flexibility index (Phi) is 5.81. The minimum Gasteiger partial charge on any atom is -0.490 e. The zero-order valence-electron chi connectivity index (χ0n) is 8.32. The Balaban J connectivity index is 2.33. The number of benzene rings is 1. The van der Waals surface area contributed by atoms with Crippen molar-refractivity contribution in [3.63, 3.8) is 0 Å². The zero-order chi connectivity index (χ0) is 10.9. The van der Waals surface area contributed by atoms with E-state index in [1.54, 1.807) is 18.2 Å². The Hall–Kier alpha value is -1.06. The zero-order valence-corrected chi connectivity index (χ0v) is 9.07. The molecule has 0 aliphatic carbocycles. The summed E-state index contributed by atoms with van der Waals surface area (Å²) in [5.41, 5.74) is 0.551. The second-order valence-corrected chi connectivity index (χ2v) is 3.18. The van der Waals surface area contributed by atoms with E-state index in [2.05, 4.69) is 0 Å². The Morgan fingerprint density at radius 3 is 2.73 bits per heavy atom. The molecule has 0 aliphatic rings. The van der Waals surface area contributed by atoms with Crippen LogP contribution < -0.4 is 4.74 Å². The highest BCUT2D eigenvalue weighted by molar-refractivity contribution is 6.17. The van der Waals surface area contributed by atoms with Crippen LogP contribution >= 0.6 is 11.6 Å². The summed E-state index contributed by atoms with van der Waals surface area (Å²) in [4.78, 5) is 10.6. The fourth-order valence-corrected chi connectivity index (χ4v) is 1.19. The number of carbonyl (C=O) groups excluding carboxylic acids is 1. The van der Waals surface area contributed by atoms with E-state index < -0.39 is 0 Å². The molecule has 1 aromatic rings. The summed E-state index contributed by atoms with van der Waals surface area (Å²) >= 11 is 5.43. The van der Waals surface area contributed by atoms with Crippen LogP contribution in [0.3, 0.4) is 0 Å². The minimum absolute atomic E-state index is 0.418. The van der Waals surface area contributed by atoms with Crippen molar-refractivity contribution in [2.24, 2.45) is 0 Å². The van der Waals surface area contributed by atoms with Crippen molar-refractivity contribution in [2.75, 3.05) is 25.7 Å². The summed E-state index contributed by atoms with van der Waals surface area (Å²) < 4.78 is 10.5. The van der Waals surface area contributed by atoms with E-state index in [1.807, 2.05) is 6.07 Å². The third kappa shape index (κ3) is 4.32. The van der Waals surface area contributed by atoms with Gasteiger partial charge in [-0.1, -0.05) is 12.1 Å². The van der Waals surface area contributed by atoms with Crippen LogP contribution in [0.4, 0.5) is 0 Å². The van der Waals surface area contributed by atoms with Crippen molar-refractivity contribution < 1.29 is 14.3 Å². The predicted octanol–water partition coefficient (Wildman–Crippen LogP) is 2.13. The third-order valence-corrected chi connectivity index (χ3v) is 1.91. The highest BCUT2D eigenvalue weighted by Gasteiger charge is 2.00. The lowest BCUT2D eigenvalue weighted by Crippen LogP contribution is -2.08. The highest BCUT2D eigenvalue weighted by Crippen LogP contribution is 2.15. The van der Waals surface area contributed by atoms with E-state index in [-0.39, 0.29) is 0 Å². The quantitative estimate of drug-likeness (QED) is 0.408. The Labute approximate surface area is 93.9 Å². The lowest BCUT2D eigenvalue weighted by molar-refractivity contribution is 0.107. The number of halogens is 1. The molecule has 0 saturated carbocycles. The smallest absolute Gasteiger partial charge is 0.153 e. The van der Waals surface area contributed by atoms with Crippen molar-refractivity contribution in [1.29, 1.82) is 0 Å². The van der Waals surface area contributed by atoms with Gasteiger partial charge in [0.15, 0.2) is 6.29 Å². The predicted molar refractivity (Wildman–Crippen MR) is 58.9 cm³/mol. The van der Waals surface area contributed by atoms with Gasteiger partial charge in [0.1, 0.15) is 12.4 Å². The van der Waals surface area contributed by atoms with Gasteiger partial charge >= 0.3 is 0 Å². The number of carbonyl (C=O) groups is 1. The van der Waals surface area contributed by atoms with Crippen LogP contribution in [0.2, 0.25) is 0 Å². The fraction of sp³-hybridized carbons (Fsp3) is 0.364. The van der Waals surface area contributed by atoms with Crippen LogP contribution in [-0.2, 0) is 4.74 Å². The molecule has 15 heavy (non-hydrogen) atoms. The molecule has 0 radical (unpaired) electrons. The molecule has 4 heteroatoms. The van der Waals surface area contributed by atoms with Gasteiger partial charge in [-0.2, -0.15) is 0 Å². The molecule has 0 atom stereocenters. The maximum absolute atomic E-state index is 10.6. The molecule has 0 unspecified atom stereocenters. The van der Waals surface area contributed by atoms with Crippen molar-refractivity contribution in [3.05, 3.63) is 29.8 Å². The monoisotopic (exact) mass is 228 g/mol. The van der Waals surface area contributed by atoms with Gasteiger partial charge in [-0.15, -0.1) is 11.6 Å². The van der Waals surface area contributed by atoms with Gasteiger partial charge in [-0.25, -0.2) is 0 Å². The Bertz CT molecular complexity index is 302. The van der Waals surface area contributed by atoms with Gasteiger partial charge in [-0.3, -0.25) is 4.79 Å². The first-order valence-electron chi connectivity index (χ1n) is 4.69. The molecule has 0 spiro atoms.